The molecule has 0 amide bonds. The fraction of sp³-hybridized carbons (Fsp3) is 0.312. The molecule has 1 atom stereocenters. The van der Waals surface area contributed by atoms with Crippen LogP contribution in [0.1, 0.15) is 17.2 Å². The third-order valence-corrected chi connectivity index (χ3v) is 2.63. The zero-order valence-corrected chi connectivity index (χ0v) is 11.8. The summed E-state index contributed by atoms with van der Waals surface area (Å²) < 4.78 is 9.78. The Morgan fingerprint density at radius 3 is 2.52 bits per heavy atom. The minimum absolute atomic E-state index is 0.0278. The third kappa shape index (κ3) is 5.91. The molecular formula is C16H20O5. The lowest BCUT2D eigenvalue weighted by molar-refractivity contribution is -0.141. The van der Waals surface area contributed by atoms with Gasteiger partial charge in [-0.15, -0.1) is 0 Å². The molecule has 0 heterocycles. The summed E-state index contributed by atoms with van der Waals surface area (Å²) in [6.45, 7) is 4.06. The number of rotatable bonds is 6. The van der Waals surface area contributed by atoms with E-state index in [4.69, 9.17) is 14.9 Å². The Balaban J connectivity index is 0.000000270. The molecule has 21 heavy (non-hydrogen) atoms. The summed E-state index contributed by atoms with van der Waals surface area (Å²) in [6, 6.07) is 7.84. The maximum atomic E-state index is 11.0. The number of hydrogen-bond acceptors (Lipinski definition) is 5. The molecule has 0 aliphatic heterocycles. The lowest BCUT2D eigenvalue weighted by Crippen LogP contribution is -2.05. The van der Waals surface area contributed by atoms with Crippen LogP contribution in [0.5, 0.6) is 0 Å². The highest BCUT2D eigenvalue weighted by molar-refractivity contribution is 5.82. The van der Waals surface area contributed by atoms with E-state index in [9.17, 15) is 4.79 Å². The predicted molar refractivity (Wildman–Crippen MR) is 79.5 cm³/mol. The van der Waals surface area contributed by atoms with Crippen LogP contribution in [0.15, 0.2) is 43.0 Å². The Bertz CT molecular complexity index is 477. The van der Waals surface area contributed by atoms with E-state index in [0.717, 1.165) is 11.1 Å². The summed E-state index contributed by atoms with van der Waals surface area (Å²) >= 11 is 0. The van der Waals surface area contributed by atoms with Crippen LogP contribution in [0.4, 0.5) is 0 Å². The Hall–Kier alpha value is -1.95. The average Bonchev–Trinajstić information content (AvgIpc) is 2.92. The highest BCUT2D eigenvalue weighted by Crippen LogP contribution is 2.30. The molecule has 1 aliphatic carbocycles. The van der Waals surface area contributed by atoms with Gasteiger partial charge in [-0.1, -0.05) is 36.9 Å². The predicted octanol–water partition coefficient (Wildman–Crippen LogP) is 1.47. The first kappa shape index (κ1) is 17.1. The topological polar surface area (TPSA) is 76.0 Å². The third-order valence-electron chi connectivity index (χ3n) is 2.63. The average molecular weight is 292 g/mol. The number of aliphatic hydroxyl groups excluding tert-OH is 2. The zero-order chi connectivity index (χ0) is 15.5. The molecule has 1 aliphatic rings. The number of carbonyl (C=O) groups excluding carboxylic acids is 1. The fourth-order valence-corrected chi connectivity index (χ4v) is 1.72. The maximum Gasteiger partial charge on any atom is 0.331 e. The largest absolute Gasteiger partial charge is 0.450 e. The first-order valence-corrected chi connectivity index (χ1v) is 6.62. The Kier molecular flexibility index (Phi) is 8.04. The van der Waals surface area contributed by atoms with Crippen LogP contribution in [0.25, 0.3) is 6.08 Å². The number of fused-ring (bicyclic) bond motifs is 1. The lowest BCUT2D eigenvalue weighted by atomic mass is 10.1. The van der Waals surface area contributed by atoms with Gasteiger partial charge in [-0.2, -0.15) is 0 Å². The van der Waals surface area contributed by atoms with E-state index < -0.39 is 5.97 Å². The highest BCUT2D eigenvalue weighted by Gasteiger charge is 2.18. The minimum Gasteiger partial charge on any atom is -0.450 e. The molecule has 0 saturated carbocycles. The number of aliphatic hydroxyl groups is 2. The van der Waals surface area contributed by atoms with Crippen LogP contribution in [0.2, 0.25) is 0 Å². The van der Waals surface area contributed by atoms with E-state index in [0.29, 0.717) is 13.2 Å². The van der Waals surface area contributed by atoms with Gasteiger partial charge in [0.1, 0.15) is 6.10 Å². The van der Waals surface area contributed by atoms with Gasteiger partial charge >= 0.3 is 5.97 Å². The van der Waals surface area contributed by atoms with Crippen LogP contribution >= 0.6 is 0 Å². The molecule has 1 aromatic rings. The van der Waals surface area contributed by atoms with Gasteiger partial charge in [-0.05, 0) is 11.6 Å². The Morgan fingerprint density at radius 1 is 1.24 bits per heavy atom. The summed E-state index contributed by atoms with van der Waals surface area (Å²) in [5.41, 5.74) is 2.14. The van der Waals surface area contributed by atoms with E-state index in [1.165, 1.54) is 6.08 Å². The second-order valence-electron chi connectivity index (χ2n) is 4.11. The van der Waals surface area contributed by atoms with Gasteiger partial charge in [0.05, 0.1) is 26.4 Å². The number of hydrogen-bond donors (Lipinski definition) is 2. The van der Waals surface area contributed by atoms with E-state index in [-0.39, 0.29) is 19.3 Å². The summed E-state index contributed by atoms with van der Waals surface area (Å²) in [7, 11) is 0. The summed E-state index contributed by atoms with van der Waals surface area (Å²) in [6.07, 6.45) is 4.74. The Morgan fingerprint density at radius 2 is 1.90 bits per heavy atom. The van der Waals surface area contributed by atoms with Gasteiger partial charge < -0.3 is 19.7 Å². The van der Waals surface area contributed by atoms with Crippen LogP contribution < -0.4 is 0 Å². The summed E-state index contributed by atoms with van der Waals surface area (Å²) in [5, 5.41) is 16.2. The summed E-state index contributed by atoms with van der Waals surface area (Å²) in [4.78, 5) is 11.0. The molecular weight excluding hydrogens is 272 g/mol. The van der Waals surface area contributed by atoms with Crippen molar-refractivity contribution in [1.82, 2.24) is 0 Å². The van der Waals surface area contributed by atoms with Crippen LogP contribution in [-0.4, -0.2) is 42.6 Å². The van der Waals surface area contributed by atoms with Crippen molar-refractivity contribution < 1.29 is 24.5 Å². The van der Waals surface area contributed by atoms with Gasteiger partial charge in [0, 0.05) is 11.6 Å². The van der Waals surface area contributed by atoms with Crippen LogP contribution in [-0.2, 0) is 14.3 Å². The molecule has 0 spiro atoms. The number of ether oxygens (including phenoxy) is 2. The highest BCUT2D eigenvalue weighted by atomic mass is 16.5. The molecule has 0 aromatic heterocycles. The molecule has 5 heteroatoms. The second-order valence-corrected chi connectivity index (χ2v) is 4.11. The molecule has 0 bridgehead atoms. The quantitative estimate of drug-likeness (QED) is 0.472. The van der Waals surface area contributed by atoms with Crippen molar-refractivity contribution in [3.63, 3.8) is 0 Å². The monoisotopic (exact) mass is 292 g/mol. The molecule has 114 valence electrons. The van der Waals surface area contributed by atoms with Crippen LogP contribution in [0.3, 0.4) is 0 Å². The van der Waals surface area contributed by atoms with Gasteiger partial charge in [-0.3, -0.25) is 0 Å². The van der Waals surface area contributed by atoms with E-state index in [1.54, 1.807) is 0 Å². The van der Waals surface area contributed by atoms with Gasteiger partial charge in [0.2, 0.25) is 0 Å². The smallest absolute Gasteiger partial charge is 0.331 e. The fourth-order valence-electron chi connectivity index (χ4n) is 1.72. The first-order chi connectivity index (χ1) is 10.2. The maximum absolute atomic E-state index is 11.0. The molecule has 2 rings (SSSR count). The molecule has 0 fully saturated rings. The van der Waals surface area contributed by atoms with E-state index >= 15 is 0 Å². The van der Waals surface area contributed by atoms with Crippen molar-refractivity contribution in [2.45, 2.75) is 6.10 Å². The number of carbonyl (C=O) groups is 1. The lowest BCUT2D eigenvalue weighted by Gasteiger charge is -2.10. The van der Waals surface area contributed by atoms with Crippen LogP contribution in [0, 0.1) is 0 Å². The van der Waals surface area contributed by atoms with Crippen molar-refractivity contribution in [2.75, 3.05) is 26.4 Å². The van der Waals surface area contributed by atoms with E-state index in [2.05, 4.69) is 11.3 Å². The molecule has 5 nitrogen and oxygen atoms in total. The molecule has 2 N–H and O–H groups in total. The van der Waals surface area contributed by atoms with Crippen molar-refractivity contribution in [1.29, 1.82) is 0 Å². The standard InChI is InChI=1S/C12H10O2.C4H10O3/c1-2-12(13)14-11-8-7-9-5-3-4-6-10(9)11;5-1-3-7-4-2-6/h2-8,11H,1H2;5-6H,1-4H2. The number of esters is 1. The molecule has 1 aromatic carbocycles. The number of benzene rings is 1. The van der Waals surface area contributed by atoms with Crippen molar-refractivity contribution in [2.24, 2.45) is 0 Å². The minimum atomic E-state index is -0.392. The zero-order valence-electron chi connectivity index (χ0n) is 11.8. The molecule has 1 unspecified atom stereocenters. The second kappa shape index (κ2) is 9.88. The SMILES string of the molecule is C=CC(=O)OC1C=Cc2ccccc21.OCCOCCO. The van der Waals surface area contributed by atoms with Crippen molar-refractivity contribution in [3.8, 4) is 0 Å². The van der Waals surface area contributed by atoms with E-state index in [1.807, 2.05) is 36.4 Å². The van der Waals surface area contributed by atoms with Gasteiger partial charge in [0.15, 0.2) is 0 Å². The van der Waals surface area contributed by atoms with Gasteiger partial charge in [-0.25, -0.2) is 4.79 Å². The first-order valence-electron chi connectivity index (χ1n) is 6.62. The van der Waals surface area contributed by atoms with Crippen molar-refractivity contribution >= 4 is 12.0 Å². The molecule has 0 saturated heterocycles. The summed E-state index contributed by atoms with van der Waals surface area (Å²) in [5.74, 6) is -0.392. The van der Waals surface area contributed by atoms with Gasteiger partial charge in [0.25, 0.3) is 0 Å². The van der Waals surface area contributed by atoms with Crippen molar-refractivity contribution in [3.05, 3.63) is 54.1 Å². The molecule has 0 radical (unpaired) electrons. The normalized spacial score (nSPS) is 14.9. The Labute approximate surface area is 124 Å².